The number of esters is 1. The molecule has 4 nitrogen and oxygen atoms in total. The maximum Gasteiger partial charge on any atom is 0.310 e. The molecule has 6 atom stereocenters. The van der Waals surface area contributed by atoms with Crippen LogP contribution < -0.4 is 5.32 Å². The molecule has 0 aromatic heterocycles. The summed E-state index contributed by atoms with van der Waals surface area (Å²) in [7, 11) is 0. The normalized spacial score (nSPS) is 38.2. The Hall–Kier alpha value is -1.36. The molecule has 0 unspecified atom stereocenters. The van der Waals surface area contributed by atoms with Gasteiger partial charge in [0, 0.05) is 11.6 Å². The summed E-state index contributed by atoms with van der Waals surface area (Å²) in [6.07, 6.45) is 0.870. The largest absolute Gasteiger partial charge is 0.461 e. The maximum atomic E-state index is 12.8. The molecule has 3 fully saturated rings. The molecule has 1 aliphatic heterocycles. The van der Waals surface area contributed by atoms with Gasteiger partial charge in [-0.25, -0.2) is 0 Å². The van der Waals surface area contributed by atoms with Crippen molar-refractivity contribution in [3.05, 3.63) is 29.3 Å². The molecule has 1 amide bonds. The molecule has 5 heteroatoms. The summed E-state index contributed by atoms with van der Waals surface area (Å²) in [6, 6.07) is 6.00. The number of hydrogen-bond donors (Lipinski definition) is 1. The molecule has 3 aliphatic rings. The number of carbonyl (C=O) groups excluding carboxylic acids is 2. The summed E-state index contributed by atoms with van der Waals surface area (Å²) < 4.78 is 5.46. The minimum absolute atomic E-state index is 0.0349. The van der Waals surface area contributed by atoms with Crippen molar-refractivity contribution >= 4 is 33.5 Å². The number of halogens is 1. The predicted molar refractivity (Wildman–Crippen MR) is 85.7 cm³/mol. The van der Waals surface area contributed by atoms with Gasteiger partial charge in [0.05, 0.1) is 16.7 Å². The first-order valence-electron chi connectivity index (χ1n) is 7.70. The topological polar surface area (TPSA) is 55.4 Å². The Kier molecular flexibility index (Phi) is 3.12. The van der Waals surface area contributed by atoms with Crippen LogP contribution in [0.3, 0.4) is 0 Å². The average Bonchev–Trinajstić information content (AvgIpc) is 3.07. The van der Waals surface area contributed by atoms with E-state index < -0.39 is 0 Å². The Morgan fingerprint density at radius 3 is 2.86 bits per heavy atom. The van der Waals surface area contributed by atoms with E-state index in [-0.39, 0.29) is 46.5 Å². The second-order valence-electron chi connectivity index (χ2n) is 6.77. The highest BCUT2D eigenvalue weighted by Crippen LogP contribution is 2.60. The number of fused-ring (bicyclic) bond motifs is 1. The first-order chi connectivity index (χ1) is 10.5. The standard InChI is InChI=1S/C17H18BrNO3/c1-7-3-4-8(2)11(5-7)19-16(20)12-9-6-10-13(12)17(21)22-15(10)14(9)18/h3-5,9-10,12-15H,6H2,1-2H3,(H,19,20)/t9-,10+,12+,13-,14+,15-/m0/s1. The molecule has 0 radical (unpaired) electrons. The van der Waals surface area contributed by atoms with E-state index in [1.807, 2.05) is 32.0 Å². The first-order valence-corrected chi connectivity index (χ1v) is 8.61. The number of hydrogen-bond acceptors (Lipinski definition) is 3. The fourth-order valence-corrected chi connectivity index (χ4v) is 5.46. The van der Waals surface area contributed by atoms with Crippen LogP contribution in [0.25, 0.3) is 0 Å². The van der Waals surface area contributed by atoms with Crippen molar-refractivity contribution in [1.82, 2.24) is 0 Å². The highest BCUT2D eigenvalue weighted by molar-refractivity contribution is 9.09. The summed E-state index contributed by atoms with van der Waals surface area (Å²) >= 11 is 3.64. The number of benzene rings is 1. The lowest BCUT2D eigenvalue weighted by Gasteiger charge is -2.27. The molecule has 1 aromatic carbocycles. The lowest BCUT2D eigenvalue weighted by Crippen LogP contribution is -2.40. The fraction of sp³-hybridized carbons (Fsp3) is 0.529. The molecule has 1 aromatic rings. The van der Waals surface area contributed by atoms with E-state index in [4.69, 9.17) is 4.74 Å². The molecule has 2 bridgehead atoms. The van der Waals surface area contributed by atoms with Crippen molar-refractivity contribution in [2.45, 2.75) is 31.2 Å². The smallest absolute Gasteiger partial charge is 0.310 e. The van der Waals surface area contributed by atoms with Crippen LogP contribution in [0.15, 0.2) is 18.2 Å². The molecule has 1 saturated heterocycles. The molecule has 116 valence electrons. The minimum atomic E-state index is -0.277. The van der Waals surface area contributed by atoms with Gasteiger partial charge in [-0.2, -0.15) is 0 Å². The Labute approximate surface area is 137 Å². The highest BCUT2D eigenvalue weighted by Gasteiger charge is 2.67. The van der Waals surface area contributed by atoms with Crippen LogP contribution in [-0.4, -0.2) is 22.8 Å². The Balaban J connectivity index is 1.61. The van der Waals surface area contributed by atoms with Gasteiger partial charge >= 0.3 is 5.97 Å². The van der Waals surface area contributed by atoms with Gasteiger partial charge in [0.2, 0.25) is 5.91 Å². The Morgan fingerprint density at radius 1 is 1.32 bits per heavy atom. The average molecular weight is 364 g/mol. The number of anilines is 1. The zero-order valence-corrected chi connectivity index (χ0v) is 14.1. The second-order valence-corrected chi connectivity index (χ2v) is 7.83. The monoisotopic (exact) mass is 363 g/mol. The number of alkyl halides is 1. The van der Waals surface area contributed by atoms with Crippen LogP contribution in [0.5, 0.6) is 0 Å². The number of aryl methyl sites for hydroxylation is 2. The quantitative estimate of drug-likeness (QED) is 0.649. The molecular weight excluding hydrogens is 346 g/mol. The first kappa shape index (κ1) is 14.2. The maximum absolute atomic E-state index is 12.8. The van der Waals surface area contributed by atoms with E-state index in [1.165, 1.54) is 0 Å². The molecule has 2 saturated carbocycles. The third-order valence-corrected chi connectivity index (χ3v) is 6.68. The Bertz CT molecular complexity index is 674. The van der Waals surface area contributed by atoms with Crippen molar-refractivity contribution in [3.8, 4) is 0 Å². The van der Waals surface area contributed by atoms with Gasteiger partial charge in [0.1, 0.15) is 6.10 Å². The third-order valence-electron chi connectivity index (χ3n) is 5.48. The molecule has 4 rings (SSSR count). The second kappa shape index (κ2) is 4.82. The number of ether oxygens (including phenoxy) is 1. The van der Waals surface area contributed by atoms with E-state index in [2.05, 4.69) is 21.2 Å². The van der Waals surface area contributed by atoms with Crippen LogP contribution in [0.2, 0.25) is 0 Å². The van der Waals surface area contributed by atoms with Crippen LogP contribution in [-0.2, 0) is 14.3 Å². The van der Waals surface area contributed by atoms with E-state index in [0.29, 0.717) is 0 Å². The van der Waals surface area contributed by atoms with Crippen molar-refractivity contribution in [2.75, 3.05) is 5.32 Å². The molecule has 1 heterocycles. The summed E-state index contributed by atoms with van der Waals surface area (Å²) in [5.74, 6) is -0.379. The number of amides is 1. The van der Waals surface area contributed by atoms with E-state index in [9.17, 15) is 9.59 Å². The molecule has 2 aliphatic carbocycles. The molecule has 0 spiro atoms. The highest BCUT2D eigenvalue weighted by atomic mass is 79.9. The summed E-state index contributed by atoms with van der Waals surface area (Å²) in [6.45, 7) is 3.98. The Morgan fingerprint density at radius 2 is 2.09 bits per heavy atom. The van der Waals surface area contributed by atoms with Gasteiger partial charge in [0.25, 0.3) is 0 Å². The minimum Gasteiger partial charge on any atom is -0.461 e. The zero-order valence-electron chi connectivity index (χ0n) is 12.5. The van der Waals surface area contributed by atoms with Gasteiger partial charge in [-0.3, -0.25) is 9.59 Å². The lowest BCUT2D eigenvalue weighted by molar-refractivity contribution is -0.145. The number of rotatable bonds is 2. The van der Waals surface area contributed by atoms with Crippen molar-refractivity contribution in [1.29, 1.82) is 0 Å². The van der Waals surface area contributed by atoms with Gasteiger partial charge in [-0.1, -0.05) is 28.1 Å². The van der Waals surface area contributed by atoms with Crippen molar-refractivity contribution < 1.29 is 14.3 Å². The summed E-state index contributed by atoms with van der Waals surface area (Å²) in [4.78, 5) is 25.0. The van der Waals surface area contributed by atoms with Crippen LogP contribution in [0, 0.1) is 37.5 Å². The number of carbonyl (C=O) groups is 2. The van der Waals surface area contributed by atoms with E-state index in [0.717, 1.165) is 23.2 Å². The van der Waals surface area contributed by atoms with E-state index in [1.54, 1.807) is 0 Å². The van der Waals surface area contributed by atoms with Crippen LogP contribution in [0.1, 0.15) is 17.5 Å². The third kappa shape index (κ3) is 1.87. The van der Waals surface area contributed by atoms with Crippen LogP contribution >= 0.6 is 15.9 Å². The van der Waals surface area contributed by atoms with Gasteiger partial charge in [0.15, 0.2) is 0 Å². The fourth-order valence-electron chi connectivity index (χ4n) is 4.42. The summed E-state index contributed by atoms with van der Waals surface area (Å²) in [5, 5.41) is 3.03. The van der Waals surface area contributed by atoms with Gasteiger partial charge in [-0.05, 0) is 43.4 Å². The molecule has 1 N–H and O–H groups in total. The lowest BCUT2D eigenvalue weighted by atomic mass is 9.79. The molecular formula is C17H18BrNO3. The number of nitrogens with one attached hydrogen (secondary N) is 1. The summed E-state index contributed by atoms with van der Waals surface area (Å²) in [5.41, 5.74) is 2.97. The van der Waals surface area contributed by atoms with E-state index >= 15 is 0 Å². The SMILES string of the molecule is Cc1ccc(C)c(NC(=O)[C@@H]2[C@@H]3C[C@H]4[C@H](OC(=O)[C@@H]42)[C@@H]3Br)c1. The zero-order chi connectivity index (χ0) is 15.6. The van der Waals surface area contributed by atoms with Crippen LogP contribution in [0.4, 0.5) is 5.69 Å². The van der Waals surface area contributed by atoms with Gasteiger partial charge in [-0.15, -0.1) is 0 Å². The van der Waals surface area contributed by atoms with Gasteiger partial charge < -0.3 is 10.1 Å². The molecule has 22 heavy (non-hydrogen) atoms. The van der Waals surface area contributed by atoms with Crippen molar-refractivity contribution in [2.24, 2.45) is 23.7 Å². The van der Waals surface area contributed by atoms with Crippen molar-refractivity contribution in [3.63, 3.8) is 0 Å². The predicted octanol–water partition coefficient (Wildman–Crippen LogP) is 2.81.